The Morgan fingerprint density at radius 1 is 1.06 bits per heavy atom. The topological polar surface area (TPSA) is 72.8 Å². The summed E-state index contributed by atoms with van der Waals surface area (Å²) in [4.78, 5) is 23.2. The minimum absolute atomic E-state index is 0.0468. The van der Waals surface area contributed by atoms with Gasteiger partial charge in [0, 0.05) is 13.3 Å². The summed E-state index contributed by atoms with van der Waals surface area (Å²) >= 11 is 0. The third-order valence-electron chi connectivity index (χ3n) is 10.8. The first-order chi connectivity index (χ1) is 15.1. The molecule has 0 heterocycles. The van der Waals surface area contributed by atoms with Gasteiger partial charge in [0.2, 0.25) is 0 Å². The van der Waals surface area contributed by atoms with E-state index in [0.29, 0.717) is 41.9 Å². The molecule has 0 aromatic carbocycles. The summed E-state index contributed by atoms with van der Waals surface area (Å²) in [6, 6.07) is 0. The highest BCUT2D eigenvalue weighted by Crippen LogP contribution is 2.68. The molecule has 0 bridgehead atoms. The molecule has 4 aliphatic carbocycles. The Kier molecular flexibility index (Phi) is 6.70. The molecule has 4 aliphatic rings. The normalized spacial score (nSPS) is 46.4. The van der Waals surface area contributed by atoms with Crippen molar-refractivity contribution in [1.29, 1.82) is 0 Å². The Balaban J connectivity index is 1.50. The van der Waals surface area contributed by atoms with E-state index in [2.05, 4.69) is 20.8 Å². The van der Waals surface area contributed by atoms with Crippen LogP contribution >= 0.6 is 0 Å². The van der Waals surface area contributed by atoms with E-state index in [1.54, 1.807) is 0 Å². The van der Waals surface area contributed by atoms with Gasteiger partial charge in [0.15, 0.2) is 0 Å². The second-order valence-electron chi connectivity index (χ2n) is 12.1. The molecule has 0 aromatic rings. The number of fused-ring (bicyclic) bond motifs is 5. The molecule has 7 unspecified atom stereocenters. The largest absolute Gasteiger partial charge is 0.469 e. The Hall–Kier alpha value is -1.10. The summed E-state index contributed by atoms with van der Waals surface area (Å²) in [5.74, 6) is 3.02. The predicted molar refractivity (Wildman–Crippen MR) is 123 cm³/mol. The Bertz CT molecular complexity index is 721. The minimum Gasteiger partial charge on any atom is -0.469 e. The summed E-state index contributed by atoms with van der Waals surface area (Å²) in [6.07, 6.45) is 9.92. The van der Waals surface area contributed by atoms with Crippen LogP contribution in [-0.2, 0) is 19.1 Å². The van der Waals surface area contributed by atoms with Crippen LogP contribution in [-0.4, -0.2) is 36.4 Å². The van der Waals surface area contributed by atoms with E-state index >= 15 is 0 Å². The molecule has 182 valence electrons. The second kappa shape index (κ2) is 8.92. The fourth-order valence-corrected chi connectivity index (χ4v) is 9.13. The van der Waals surface area contributed by atoms with E-state index in [9.17, 15) is 14.7 Å². The van der Waals surface area contributed by atoms with Crippen LogP contribution in [0.2, 0.25) is 0 Å². The molecule has 0 aromatic heterocycles. The van der Waals surface area contributed by atoms with Crippen molar-refractivity contribution in [2.24, 2.45) is 46.3 Å². The van der Waals surface area contributed by atoms with Crippen molar-refractivity contribution in [1.82, 2.24) is 0 Å². The number of carbonyl (C=O) groups is 2. The van der Waals surface area contributed by atoms with E-state index in [1.807, 2.05) is 0 Å². The Labute approximate surface area is 194 Å². The highest BCUT2D eigenvalue weighted by molar-refractivity contribution is 5.69. The number of hydrogen-bond donors (Lipinski definition) is 1. The van der Waals surface area contributed by atoms with Crippen molar-refractivity contribution in [3.8, 4) is 0 Å². The molecule has 0 amide bonds. The lowest BCUT2D eigenvalue weighted by molar-refractivity contribution is -0.181. The number of esters is 2. The molecule has 4 fully saturated rings. The number of hydrogen-bond acceptors (Lipinski definition) is 5. The quantitative estimate of drug-likeness (QED) is 0.590. The summed E-state index contributed by atoms with van der Waals surface area (Å²) < 4.78 is 10.5. The first kappa shape index (κ1) is 24.0. The van der Waals surface area contributed by atoms with Crippen molar-refractivity contribution >= 4 is 11.9 Å². The van der Waals surface area contributed by atoms with Gasteiger partial charge in [0.1, 0.15) is 6.10 Å². The van der Waals surface area contributed by atoms with E-state index in [0.717, 1.165) is 32.1 Å². The van der Waals surface area contributed by atoms with Crippen LogP contribution in [0.3, 0.4) is 0 Å². The lowest BCUT2D eigenvalue weighted by atomic mass is 9.43. The van der Waals surface area contributed by atoms with Crippen LogP contribution in [0.5, 0.6) is 0 Å². The molecule has 10 atom stereocenters. The van der Waals surface area contributed by atoms with Gasteiger partial charge in [0.05, 0.1) is 13.2 Å². The third-order valence-corrected chi connectivity index (χ3v) is 10.8. The zero-order chi connectivity index (χ0) is 23.3. The first-order valence-electron chi connectivity index (χ1n) is 13.0. The number of methoxy groups -OCH3 is 1. The van der Waals surface area contributed by atoms with Crippen LogP contribution in [0.4, 0.5) is 0 Å². The highest BCUT2D eigenvalue weighted by atomic mass is 16.5. The fraction of sp³-hybridized carbons (Fsp3) is 0.926. The standard InChI is InChI=1S/C27H44O5/c1-16(6-11-25(30)31-5)21-9-10-22-20-8-7-18-14-19(32-17(2)28)12-13-26(18,3)23(20)15-24(29)27(21,22)4/h16,18-24,29H,6-15H2,1-5H3/t16-,18?,19-,20?,21?,22?,23?,24+,26?,27?/m1/s1. The van der Waals surface area contributed by atoms with Gasteiger partial charge in [-0.1, -0.05) is 20.8 Å². The van der Waals surface area contributed by atoms with Crippen molar-refractivity contribution in [2.75, 3.05) is 7.11 Å². The first-order valence-corrected chi connectivity index (χ1v) is 13.0. The SMILES string of the molecule is COC(=O)CC[C@@H](C)C1CCC2C3CCC4C[C@H](OC(C)=O)CCC4(C)C3C[C@H](O)C21C. The molecule has 5 nitrogen and oxygen atoms in total. The molecule has 4 rings (SSSR count). The van der Waals surface area contributed by atoms with Crippen molar-refractivity contribution in [3.05, 3.63) is 0 Å². The molecular formula is C27H44O5. The van der Waals surface area contributed by atoms with Crippen LogP contribution in [0.25, 0.3) is 0 Å². The van der Waals surface area contributed by atoms with E-state index < -0.39 is 0 Å². The second-order valence-corrected chi connectivity index (χ2v) is 12.1. The van der Waals surface area contributed by atoms with Crippen LogP contribution in [0.15, 0.2) is 0 Å². The summed E-state index contributed by atoms with van der Waals surface area (Å²) in [6.45, 7) is 8.62. The third kappa shape index (κ3) is 3.91. The molecule has 1 N–H and O–H groups in total. The highest BCUT2D eigenvalue weighted by Gasteiger charge is 2.63. The lowest BCUT2D eigenvalue weighted by Crippen LogP contribution is -2.59. The smallest absolute Gasteiger partial charge is 0.305 e. The van der Waals surface area contributed by atoms with Gasteiger partial charge < -0.3 is 14.6 Å². The molecule has 0 radical (unpaired) electrons. The van der Waals surface area contributed by atoms with E-state index in [1.165, 1.54) is 39.7 Å². The van der Waals surface area contributed by atoms with Gasteiger partial charge in [-0.05, 0) is 104 Å². The van der Waals surface area contributed by atoms with Crippen molar-refractivity contribution in [2.45, 2.75) is 104 Å². The molecule has 0 spiro atoms. The molecule has 5 heteroatoms. The maximum absolute atomic E-state index is 11.7. The predicted octanol–water partition coefficient (Wildman–Crippen LogP) is 5.14. The van der Waals surface area contributed by atoms with Crippen LogP contribution in [0, 0.1) is 46.3 Å². The zero-order valence-corrected chi connectivity index (χ0v) is 20.8. The molecular weight excluding hydrogens is 404 g/mol. The van der Waals surface area contributed by atoms with Crippen molar-refractivity contribution in [3.63, 3.8) is 0 Å². The van der Waals surface area contributed by atoms with Gasteiger partial charge in [-0.15, -0.1) is 0 Å². The summed E-state index contributed by atoms with van der Waals surface area (Å²) in [5, 5.41) is 11.6. The molecule has 0 aliphatic heterocycles. The van der Waals surface area contributed by atoms with Crippen LogP contribution in [0.1, 0.15) is 91.9 Å². The van der Waals surface area contributed by atoms with Gasteiger partial charge in [-0.25, -0.2) is 0 Å². The molecule has 32 heavy (non-hydrogen) atoms. The number of ether oxygens (including phenoxy) is 2. The van der Waals surface area contributed by atoms with Gasteiger partial charge in [-0.2, -0.15) is 0 Å². The number of carbonyl (C=O) groups excluding carboxylic acids is 2. The van der Waals surface area contributed by atoms with Crippen molar-refractivity contribution < 1.29 is 24.2 Å². The van der Waals surface area contributed by atoms with E-state index in [-0.39, 0.29) is 35.0 Å². The Morgan fingerprint density at radius 2 is 1.81 bits per heavy atom. The maximum atomic E-state index is 11.7. The average Bonchev–Trinajstić information content (AvgIpc) is 3.11. The van der Waals surface area contributed by atoms with E-state index in [4.69, 9.17) is 9.47 Å². The van der Waals surface area contributed by atoms with Crippen LogP contribution < -0.4 is 0 Å². The fourth-order valence-electron chi connectivity index (χ4n) is 9.13. The maximum Gasteiger partial charge on any atom is 0.305 e. The molecule has 0 saturated heterocycles. The zero-order valence-electron chi connectivity index (χ0n) is 20.8. The monoisotopic (exact) mass is 448 g/mol. The van der Waals surface area contributed by atoms with Gasteiger partial charge in [0.25, 0.3) is 0 Å². The number of rotatable bonds is 5. The summed E-state index contributed by atoms with van der Waals surface area (Å²) in [7, 11) is 1.46. The minimum atomic E-state index is -0.274. The van der Waals surface area contributed by atoms with Gasteiger partial charge >= 0.3 is 11.9 Å². The molecule has 4 saturated carbocycles. The number of aliphatic hydroxyl groups excluding tert-OH is 1. The van der Waals surface area contributed by atoms with Gasteiger partial charge in [-0.3, -0.25) is 9.59 Å². The summed E-state index contributed by atoms with van der Waals surface area (Å²) in [5.41, 5.74) is 0.200. The lowest BCUT2D eigenvalue weighted by Gasteiger charge is -2.62. The number of aliphatic hydroxyl groups is 1. The Morgan fingerprint density at radius 3 is 2.50 bits per heavy atom. The average molecular weight is 449 g/mol.